The minimum atomic E-state index is -0.198. The van der Waals surface area contributed by atoms with E-state index in [9.17, 15) is 4.79 Å². The van der Waals surface area contributed by atoms with Crippen LogP contribution < -0.4 is 10.3 Å². The smallest absolute Gasteiger partial charge is 0.254 e. The first-order valence-electron chi connectivity index (χ1n) is 7.45. The van der Waals surface area contributed by atoms with E-state index in [2.05, 4.69) is 23.8 Å². The van der Waals surface area contributed by atoms with Gasteiger partial charge in [0.1, 0.15) is 11.6 Å². The highest BCUT2D eigenvalue weighted by Gasteiger charge is 2.09. The normalized spacial score (nSPS) is 11.0. The lowest BCUT2D eigenvalue weighted by molar-refractivity contribution is 0.271. The van der Waals surface area contributed by atoms with Crippen molar-refractivity contribution >= 4 is 0 Å². The molecular weight excluding hydrogens is 280 g/mol. The fraction of sp³-hybridized carbons (Fsp3) is 0.412. The highest BCUT2D eigenvalue weighted by Crippen LogP contribution is 2.19. The Hall–Kier alpha value is -2.14. The summed E-state index contributed by atoms with van der Waals surface area (Å²) in [5.41, 5.74) is 1.81. The average molecular weight is 302 g/mol. The van der Waals surface area contributed by atoms with Gasteiger partial charge in [-0.3, -0.25) is 4.79 Å². The molecule has 0 radical (unpaired) electrons. The van der Waals surface area contributed by atoms with Crippen LogP contribution in [0.2, 0.25) is 0 Å². The third kappa shape index (κ3) is 3.95. The van der Waals surface area contributed by atoms with Crippen LogP contribution in [0.1, 0.15) is 25.1 Å². The molecule has 1 aromatic heterocycles. The van der Waals surface area contributed by atoms with Crippen molar-refractivity contribution in [2.24, 2.45) is 5.92 Å². The Labute approximate surface area is 130 Å². The van der Waals surface area contributed by atoms with Crippen molar-refractivity contribution in [2.75, 3.05) is 13.2 Å². The first kappa shape index (κ1) is 16.2. The molecule has 5 nitrogen and oxygen atoms in total. The summed E-state index contributed by atoms with van der Waals surface area (Å²) in [6, 6.07) is 7.49. The second-order valence-electron chi connectivity index (χ2n) is 5.68. The highest BCUT2D eigenvalue weighted by molar-refractivity contribution is 5.56. The molecule has 22 heavy (non-hydrogen) atoms. The zero-order valence-corrected chi connectivity index (χ0v) is 13.2. The predicted molar refractivity (Wildman–Crippen MR) is 86.2 cm³/mol. The van der Waals surface area contributed by atoms with Gasteiger partial charge in [-0.1, -0.05) is 13.8 Å². The van der Waals surface area contributed by atoms with Gasteiger partial charge < -0.3 is 14.8 Å². The van der Waals surface area contributed by atoms with E-state index in [4.69, 9.17) is 9.84 Å². The summed E-state index contributed by atoms with van der Waals surface area (Å²) in [6.45, 7) is 6.58. The number of rotatable bonds is 6. The molecule has 0 aliphatic rings. The van der Waals surface area contributed by atoms with Crippen LogP contribution in [-0.2, 0) is 6.42 Å². The molecule has 118 valence electrons. The second kappa shape index (κ2) is 7.22. The Balaban J connectivity index is 2.23. The van der Waals surface area contributed by atoms with E-state index in [1.54, 1.807) is 6.92 Å². The van der Waals surface area contributed by atoms with Gasteiger partial charge in [-0.25, -0.2) is 4.98 Å². The van der Waals surface area contributed by atoms with Gasteiger partial charge in [-0.15, -0.1) is 0 Å². The topological polar surface area (TPSA) is 75.2 Å². The number of aromatic nitrogens is 2. The second-order valence-corrected chi connectivity index (χ2v) is 5.68. The van der Waals surface area contributed by atoms with Crippen molar-refractivity contribution in [1.82, 2.24) is 9.97 Å². The molecule has 5 heteroatoms. The van der Waals surface area contributed by atoms with Crippen LogP contribution >= 0.6 is 0 Å². The summed E-state index contributed by atoms with van der Waals surface area (Å²) in [6.07, 6.45) is 0.316. The van der Waals surface area contributed by atoms with E-state index in [0.717, 1.165) is 11.3 Å². The van der Waals surface area contributed by atoms with Gasteiger partial charge in [0.2, 0.25) is 0 Å². The molecule has 0 spiro atoms. The number of nitrogens with one attached hydrogen (secondary N) is 1. The first-order valence-corrected chi connectivity index (χ1v) is 7.45. The van der Waals surface area contributed by atoms with Crippen LogP contribution in [0.4, 0.5) is 0 Å². The monoisotopic (exact) mass is 302 g/mol. The molecule has 0 saturated heterocycles. The number of aliphatic hydroxyl groups excluding tert-OH is 1. The molecule has 2 aromatic rings. The summed E-state index contributed by atoms with van der Waals surface area (Å²) < 4.78 is 5.64. The SMILES string of the molecule is Cc1nc(-c2ccc(OCC(C)C)cc2)[nH]c(=O)c1CCO. The zero-order valence-electron chi connectivity index (χ0n) is 13.2. The van der Waals surface area contributed by atoms with Crippen molar-refractivity contribution in [1.29, 1.82) is 0 Å². The van der Waals surface area contributed by atoms with Crippen molar-refractivity contribution in [3.05, 3.63) is 45.9 Å². The molecule has 0 saturated carbocycles. The molecule has 0 aliphatic carbocycles. The van der Waals surface area contributed by atoms with Crippen molar-refractivity contribution in [3.63, 3.8) is 0 Å². The third-order valence-corrected chi connectivity index (χ3v) is 3.30. The number of ether oxygens (including phenoxy) is 1. The maximum Gasteiger partial charge on any atom is 0.254 e. The minimum absolute atomic E-state index is 0.0627. The largest absolute Gasteiger partial charge is 0.493 e. The molecule has 1 heterocycles. The van der Waals surface area contributed by atoms with E-state index in [0.29, 0.717) is 36.0 Å². The quantitative estimate of drug-likeness (QED) is 0.858. The lowest BCUT2D eigenvalue weighted by atomic mass is 10.1. The number of benzene rings is 1. The summed E-state index contributed by atoms with van der Waals surface area (Å²) in [5.74, 6) is 1.80. The number of hydrogen-bond acceptors (Lipinski definition) is 4. The van der Waals surface area contributed by atoms with Crippen molar-refractivity contribution in [3.8, 4) is 17.1 Å². The molecule has 1 aromatic carbocycles. The van der Waals surface area contributed by atoms with Crippen LogP contribution in [0, 0.1) is 12.8 Å². The van der Waals surface area contributed by atoms with Gasteiger partial charge in [-0.2, -0.15) is 0 Å². The predicted octanol–water partition coefficient (Wildman–Crippen LogP) is 2.31. The summed E-state index contributed by atoms with van der Waals surface area (Å²) in [7, 11) is 0. The summed E-state index contributed by atoms with van der Waals surface area (Å²) in [4.78, 5) is 19.2. The maximum absolute atomic E-state index is 12.0. The molecule has 0 unspecified atom stereocenters. The van der Waals surface area contributed by atoms with E-state index in [1.807, 2.05) is 24.3 Å². The molecule has 2 N–H and O–H groups in total. The Kier molecular flexibility index (Phi) is 5.33. The zero-order chi connectivity index (χ0) is 16.1. The van der Waals surface area contributed by atoms with Gasteiger partial charge in [0.15, 0.2) is 0 Å². The first-order chi connectivity index (χ1) is 10.5. The fourth-order valence-electron chi connectivity index (χ4n) is 2.13. The van der Waals surface area contributed by atoms with E-state index in [-0.39, 0.29) is 12.2 Å². The molecule has 0 fully saturated rings. The highest BCUT2D eigenvalue weighted by atomic mass is 16.5. The fourth-order valence-corrected chi connectivity index (χ4v) is 2.13. The van der Waals surface area contributed by atoms with Gasteiger partial charge >= 0.3 is 0 Å². The van der Waals surface area contributed by atoms with Gasteiger partial charge in [0, 0.05) is 29.8 Å². The van der Waals surface area contributed by atoms with Gasteiger partial charge in [-0.05, 0) is 37.1 Å². The van der Waals surface area contributed by atoms with E-state index in [1.165, 1.54) is 0 Å². The Morgan fingerprint density at radius 3 is 2.50 bits per heavy atom. The van der Waals surface area contributed by atoms with Crippen LogP contribution in [-0.4, -0.2) is 28.3 Å². The van der Waals surface area contributed by atoms with Crippen molar-refractivity contribution < 1.29 is 9.84 Å². The molecule has 2 rings (SSSR count). The molecular formula is C17H22N2O3. The third-order valence-electron chi connectivity index (χ3n) is 3.30. The number of aromatic amines is 1. The van der Waals surface area contributed by atoms with Crippen LogP contribution in [0.25, 0.3) is 11.4 Å². The van der Waals surface area contributed by atoms with Crippen LogP contribution in [0.5, 0.6) is 5.75 Å². The summed E-state index contributed by atoms with van der Waals surface area (Å²) >= 11 is 0. The molecule has 0 aliphatic heterocycles. The van der Waals surface area contributed by atoms with Gasteiger partial charge in [0.25, 0.3) is 5.56 Å². The summed E-state index contributed by atoms with van der Waals surface area (Å²) in [5, 5.41) is 8.98. The van der Waals surface area contributed by atoms with Gasteiger partial charge in [0.05, 0.1) is 6.61 Å². The molecule has 0 atom stereocenters. The maximum atomic E-state index is 12.0. The minimum Gasteiger partial charge on any atom is -0.493 e. The lowest BCUT2D eigenvalue weighted by Gasteiger charge is -2.10. The van der Waals surface area contributed by atoms with Crippen LogP contribution in [0.3, 0.4) is 0 Å². The average Bonchev–Trinajstić information content (AvgIpc) is 2.49. The number of aryl methyl sites for hydroxylation is 1. The Morgan fingerprint density at radius 1 is 1.27 bits per heavy atom. The van der Waals surface area contributed by atoms with E-state index >= 15 is 0 Å². The number of nitrogens with zero attached hydrogens (tertiary/aromatic N) is 1. The Morgan fingerprint density at radius 2 is 1.95 bits per heavy atom. The number of aliphatic hydroxyl groups is 1. The molecule has 0 bridgehead atoms. The number of H-pyrrole nitrogens is 1. The number of hydrogen-bond donors (Lipinski definition) is 2. The van der Waals surface area contributed by atoms with Crippen molar-refractivity contribution in [2.45, 2.75) is 27.2 Å². The van der Waals surface area contributed by atoms with E-state index < -0.39 is 0 Å². The standard InChI is InChI=1S/C17H22N2O3/c1-11(2)10-22-14-6-4-13(5-7-14)16-18-12(3)15(8-9-20)17(21)19-16/h4-7,11,20H,8-10H2,1-3H3,(H,18,19,21). The molecule has 0 amide bonds. The van der Waals surface area contributed by atoms with Crippen LogP contribution in [0.15, 0.2) is 29.1 Å². The lowest BCUT2D eigenvalue weighted by Crippen LogP contribution is -2.18. The Bertz CT molecular complexity index is 675.